The van der Waals surface area contributed by atoms with Gasteiger partial charge in [-0.05, 0) is 24.3 Å². The van der Waals surface area contributed by atoms with Gasteiger partial charge in [-0.3, -0.25) is 4.79 Å². The van der Waals surface area contributed by atoms with Crippen molar-refractivity contribution in [2.24, 2.45) is 0 Å². The van der Waals surface area contributed by atoms with Crippen LogP contribution in [0.5, 0.6) is 11.5 Å². The quantitative estimate of drug-likeness (QED) is 0.826. The molecule has 0 saturated carbocycles. The highest BCUT2D eigenvalue weighted by Crippen LogP contribution is 2.31. The predicted molar refractivity (Wildman–Crippen MR) is 107 cm³/mol. The Kier molecular flexibility index (Phi) is 5.90. The van der Waals surface area contributed by atoms with E-state index in [9.17, 15) is 4.79 Å². The maximum absolute atomic E-state index is 12.5. The van der Waals surface area contributed by atoms with E-state index in [0.29, 0.717) is 31.1 Å². The lowest BCUT2D eigenvalue weighted by molar-refractivity contribution is -0.185. The summed E-state index contributed by atoms with van der Waals surface area (Å²) in [5.74, 6) is 0.991. The minimum absolute atomic E-state index is 0.0160. The largest absolute Gasteiger partial charge is 0.455 e. The molecular weight excluding hydrogens is 356 g/mol. The Morgan fingerprint density at radius 1 is 1.00 bits per heavy atom. The number of nitrogens with zero attached hydrogens (tertiary/aromatic N) is 1. The maximum Gasteiger partial charge on any atom is 0.225 e. The lowest BCUT2D eigenvalue weighted by Crippen LogP contribution is -2.45. The molecule has 2 saturated heterocycles. The molecule has 1 N–H and O–H groups in total. The van der Waals surface area contributed by atoms with Gasteiger partial charge in [0.1, 0.15) is 5.75 Å². The summed E-state index contributed by atoms with van der Waals surface area (Å²) in [5, 5.41) is 2.98. The third kappa shape index (κ3) is 4.70. The second kappa shape index (κ2) is 8.73. The van der Waals surface area contributed by atoms with Gasteiger partial charge >= 0.3 is 0 Å². The van der Waals surface area contributed by atoms with Crippen molar-refractivity contribution in [3.63, 3.8) is 0 Å². The number of rotatable bonds is 6. The maximum atomic E-state index is 12.5. The van der Waals surface area contributed by atoms with Crippen molar-refractivity contribution >= 4 is 11.6 Å². The second-order valence-electron chi connectivity index (χ2n) is 7.16. The normalized spacial score (nSPS) is 18.9. The van der Waals surface area contributed by atoms with Gasteiger partial charge in [0, 0.05) is 38.9 Å². The van der Waals surface area contributed by atoms with Crippen LogP contribution in [0, 0.1) is 0 Å². The SMILES string of the molecule is O=C(CCN1CCC2(CC1)OCCO2)Nc1ccccc1Oc1ccccc1. The average Bonchev–Trinajstić information content (AvgIpc) is 3.18. The van der Waals surface area contributed by atoms with Crippen LogP contribution in [0.2, 0.25) is 0 Å². The van der Waals surface area contributed by atoms with Crippen LogP contribution in [0.3, 0.4) is 0 Å². The van der Waals surface area contributed by atoms with Gasteiger partial charge in [-0.15, -0.1) is 0 Å². The van der Waals surface area contributed by atoms with Crippen LogP contribution < -0.4 is 10.1 Å². The summed E-state index contributed by atoms with van der Waals surface area (Å²) in [6.45, 7) is 3.88. The van der Waals surface area contributed by atoms with E-state index in [4.69, 9.17) is 14.2 Å². The zero-order valence-electron chi connectivity index (χ0n) is 15.9. The number of amides is 1. The van der Waals surface area contributed by atoms with Gasteiger partial charge in [-0.1, -0.05) is 30.3 Å². The monoisotopic (exact) mass is 382 g/mol. The van der Waals surface area contributed by atoms with E-state index in [1.54, 1.807) is 0 Å². The number of para-hydroxylation sites is 3. The van der Waals surface area contributed by atoms with E-state index in [2.05, 4.69) is 10.2 Å². The number of nitrogens with one attached hydrogen (secondary N) is 1. The average molecular weight is 382 g/mol. The van der Waals surface area contributed by atoms with Crippen molar-refractivity contribution in [3.8, 4) is 11.5 Å². The fourth-order valence-corrected chi connectivity index (χ4v) is 3.65. The van der Waals surface area contributed by atoms with E-state index in [1.807, 2.05) is 54.6 Å². The van der Waals surface area contributed by atoms with E-state index in [0.717, 1.165) is 38.2 Å². The van der Waals surface area contributed by atoms with E-state index < -0.39 is 0 Å². The van der Waals surface area contributed by atoms with Crippen molar-refractivity contribution < 1.29 is 19.0 Å². The van der Waals surface area contributed by atoms with Crippen LogP contribution in [-0.4, -0.2) is 49.4 Å². The van der Waals surface area contributed by atoms with Gasteiger partial charge in [-0.2, -0.15) is 0 Å². The highest BCUT2D eigenvalue weighted by atomic mass is 16.7. The molecule has 0 aromatic heterocycles. The van der Waals surface area contributed by atoms with Gasteiger partial charge in [0.2, 0.25) is 5.91 Å². The first-order chi connectivity index (χ1) is 13.7. The standard InChI is InChI=1S/C22H26N2O4/c25-21(10-13-24-14-11-22(12-15-24)26-16-17-27-22)23-19-8-4-5-9-20(19)28-18-6-2-1-3-7-18/h1-9H,10-17H2,(H,23,25). The lowest BCUT2D eigenvalue weighted by atomic mass is 10.0. The van der Waals surface area contributed by atoms with Crippen LogP contribution in [0.25, 0.3) is 0 Å². The van der Waals surface area contributed by atoms with Gasteiger partial charge < -0.3 is 24.4 Å². The molecular formula is C22H26N2O4. The summed E-state index contributed by atoms with van der Waals surface area (Å²) in [7, 11) is 0. The summed E-state index contributed by atoms with van der Waals surface area (Å²) < 4.78 is 17.4. The molecule has 0 atom stereocenters. The fraction of sp³-hybridized carbons (Fsp3) is 0.409. The number of carbonyl (C=O) groups is 1. The Morgan fingerprint density at radius 2 is 1.68 bits per heavy atom. The molecule has 2 aliphatic heterocycles. The van der Waals surface area contributed by atoms with Gasteiger partial charge in [0.05, 0.1) is 18.9 Å². The van der Waals surface area contributed by atoms with Crippen molar-refractivity contribution in [3.05, 3.63) is 54.6 Å². The molecule has 28 heavy (non-hydrogen) atoms. The van der Waals surface area contributed by atoms with Crippen LogP contribution in [0.15, 0.2) is 54.6 Å². The molecule has 0 bridgehead atoms. The molecule has 0 unspecified atom stereocenters. The number of hydrogen-bond donors (Lipinski definition) is 1. The van der Waals surface area contributed by atoms with Crippen LogP contribution >= 0.6 is 0 Å². The first-order valence-corrected chi connectivity index (χ1v) is 9.85. The first-order valence-electron chi connectivity index (χ1n) is 9.85. The Hall–Kier alpha value is -2.41. The van der Waals surface area contributed by atoms with E-state index >= 15 is 0 Å². The summed E-state index contributed by atoms with van der Waals surface area (Å²) >= 11 is 0. The number of benzene rings is 2. The Bertz CT molecular complexity index is 780. The van der Waals surface area contributed by atoms with Crippen molar-refractivity contribution in [1.82, 2.24) is 4.90 Å². The van der Waals surface area contributed by atoms with Crippen LogP contribution in [-0.2, 0) is 14.3 Å². The molecule has 0 aliphatic carbocycles. The zero-order valence-corrected chi connectivity index (χ0v) is 15.9. The summed E-state index contributed by atoms with van der Waals surface area (Å²) in [6.07, 6.45) is 2.17. The predicted octanol–water partition coefficient (Wildman–Crippen LogP) is 3.65. The Morgan fingerprint density at radius 3 is 2.43 bits per heavy atom. The molecule has 2 fully saturated rings. The molecule has 4 rings (SSSR count). The molecule has 2 aliphatic rings. The molecule has 2 aromatic rings. The molecule has 1 amide bonds. The van der Waals surface area contributed by atoms with Crippen LogP contribution in [0.1, 0.15) is 19.3 Å². The van der Waals surface area contributed by atoms with Gasteiger partial charge in [0.25, 0.3) is 0 Å². The van der Waals surface area contributed by atoms with Gasteiger partial charge in [0.15, 0.2) is 11.5 Å². The molecule has 6 nitrogen and oxygen atoms in total. The third-order valence-corrected chi connectivity index (χ3v) is 5.22. The zero-order chi connectivity index (χ0) is 19.2. The number of carbonyl (C=O) groups excluding carboxylic acids is 1. The van der Waals surface area contributed by atoms with Crippen molar-refractivity contribution in [2.75, 3.05) is 38.2 Å². The highest BCUT2D eigenvalue weighted by Gasteiger charge is 2.39. The van der Waals surface area contributed by atoms with E-state index in [-0.39, 0.29) is 11.7 Å². The lowest BCUT2D eigenvalue weighted by Gasteiger charge is -2.37. The molecule has 2 heterocycles. The molecule has 0 radical (unpaired) electrons. The Balaban J connectivity index is 1.27. The molecule has 148 valence electrons. The topological polar surface area (TPSA) is 60.0 Å². The van der Waals surface area contributed by atoms with Crippen LogP contribution in [0.4, 0.5) is 5.69 Å². The first kappa shape index (κ1) is 18.9. The number of hydrogen-bond acceptors (Lipinski definition) is 5. The van der Waals surface area contributed by atoms with Crippen molar-refractivity contribution in [2.45, 2.75) is 25.0 Å². The molecule has 6 heteroatoms. The summed E-state index contributed by atoms with van der Waals surface area (Å²) in [6, 6.07) is 17.0. The molecule has 1 spiro atoms. The third-order valence-electron chi connectivity index (χ3n) is 5.22. The minimum Gasteiger partial charge on any atom is -0.455 e. The van der Waals surface area contributed by atoms with Gasteiger partial charge in [-0.25, -0.2) is 0 Å². The number of likely N-dealkylation sites (tertiary alicyclic amines) is 1. The number of piperidine rings is 1. The smallest absolute Gasteiger partial charge is 0.225 e. The number of ether oxygens (including phenoxy) is 3. The fourth-order valence-electron chi connectivity index (χ4n) is 3.65. The number of anilines is 1. The second-order valence-corrected chi connectivity index (χ2v) is 7.16. The van der Waals surface area contributed by atoms with E-state index in [1.165, 1.54) is 0 Å². The summed E-state index contributed by atoms with van der Waals surface area (Å²) in [5.41, 5.74) is 0.682. The minimum atomic E-state index is -0.369. The molecule has 2 aromatic carbocycles. The Labute approximate surface area is 165 Å². The van der Waals surface area contributed by atoms with Crippen molar-refractivity contribution in [1.29, 1.82) is 0 Å². The highest BCUT2D eigenvalue weighted by molar-refractivity contribution is 5.92. The summed E-state index contributed by atoms with van der Waals surface area (Å²) in [4.78, 5) is 14.8.